The maximum Gasteiger partial charge on any atom is 0.416 e. The zero-order chi connectivity index (χ0) is 24.4. The first-order chi connectivity index (χ1) is 15.3. The Bertz CT molecular complexity index is 1060. The average Bonchev–Trinajstić information content (AvgIpc) is 3.24. The van der Waals surface area contributed by atoms with Crippen LogP contribution in [-0.2, 0) is 27.5 Å². The summed E-state index contributed by atoms with van der Waals surface area (Å²) < 4.78 is 109. The molecule has 2 aromatic rings. The molecular weight excluding hydrogens is 478 g/mol. The van der Waals surface area contributed by atoms with Gasteiger partial charge in [0.25, 0.3) is 0 Å². The van der Waals surface area contributed by atoms with Crippen molar-refractivity contribution in [1.29, 1.82) is 0 Å². The van der Waals surface area contributed by atoms with Crippen LogP contribution in [-0.4, -0.2) is 49.3 Å². The predicted octanol–water partition coefficient (Wildman–Crippen LogP) is 4.29. The van der Waals surface area contributed by atoms with Crippen LogP contribution in [0.25, 0.3) is 0 Å². The number of sulfonamides is 1. The number of piperidine rings is 1. The molecule has 0 aliphatic carbocycles. The Morgan fingerprint density at radius 1 is 1.06 bits per heavy atom. The van der Waals surface area contributed by atoms with Gasteiger partial charge in [0.05, 0.1) is 23.3 Å². The van der Waals surface area contributed by atoms with Crippen molar-refractivity contribution in [3.05, 3.63) is 54.0 Å². The van der Waals surface area contributed by atoms with Gasteiger partial charge in [0.15, 0.2) is 0 Å². The fourth-order valence-corrected chi connectivity index (χ4v) is 5.12. The Morgan fingerprint density at radius 2 is 1.73 bits per heavy atom. The Labute approximate surface area is 185 Å². The zero-order valence-corrected chi connectivity index (χ0v) is 17.9. The molecule has 1 aromatic heterocycles. The Morgan fingerprint density at radius 3 is 2.27 bits per heavy atom. The normalized spacial score (nSPS) is 16.7. The molecular formula is C20H20F6N2O4S. The molecule has 2 heterocycles. The van der Waals surface area contributed by atoms with E-state index in [1.165, 1.54) is 18.4 Å². The second kappa shape index (κ2) is 9.37. The third-order valence-electron chi connectivity index (χ3n) is 5.21. The fraction of sp³-hybridized carbons (Fsp3) is 0.450. The molecule has 0 N–H and O–H groups in total. The van der Waals surface area contributed by atoms with Crippen LogP contribution in [0.5, 0.6) is 0 Å². The standard InChI is InChI=1S/C20H20F6N2O4S/c21-19(22,23)13-27(12-16-4-2-10-32-16)18(29)14-6-8-28(9-7-14)33(30,31)17-5-1-3-15(11-17)20(24,25)26/h1-5,10-11,14H,6-9,12-13H2. The van der Waals surface area contributed by atoms with Crippen LogP contribution in [0, 0.1) is 5.92 Å². The Balaban J connectivity index is 1.70. The van der Waals surface area contributed by atoms with Gasteiger partial charge in [0.1, 0.15) is 12.3 Å². The lowest BCUT2D eigenvalue weighted by Crippen LogP contribution is -2.46. The molecule has 1 amide bonds. The third kappa shape index (κ3) is 6.28. The van der Waals surface area contributed by atoms with E-state index in [9.17, 15) is 39.6 Å². The number of nitrogens with zero attached hydrogens (tertiary/aromatic N) is 2. The molecule has 0 radical (unpaired) electrons. The average molecular weight is 498 g/mol. The van der Waals surface area contributed by atoms with Crippen LogP contribution >= 0.6 is 0 Å². The number of carbonyl (C=O) groups excluding carboxylic acids is 1. The van der Waals surface area contributed by atoms with Gasteiger partial charge in [-0.3, -0.25) is 4.79 Å². The van der Waals surface area contributed by atoms with Gasteiger partial charge in [-0.05, 0) is 43.2 Å². The number of rotatable bonds is 6. The smallest absolute Gasteiger partial charge is 0.416 e. The fourth-order valence-electron chi connectivity index (χ4n) is 3.60. The minimum atomic E-state index is -4.72. The number of amides is 1. The predicted molar refractivity (Wildman–Crippen MR) is 103 cm³/mol. The molecule has 6 nitrogen and oxygen atoms in total. The summed E-state index contributed by atoms with van der Waals surface area (Å²) in [6, 6.07) is 6.20. The second-order valence-electron chi connectivity index (χ2n) is 7.59. The molecule has 1 aliphatic heterocycles. The molecule has 13 heteroatoms. The topological polar surface area (TPSA) is 70.8 Å². The van der Waals surface area contributed by atoms with Crippen molar-refractivity contribution in [2.75, 3.05) is 19.6 Å². The van der Waals surface area contributed by atoms with E-state index in [4.69, 9.17) is 4.42 Å². The van der Waals surface area contributed by atoms with Crippen LogP contribution < -0.4 is 0 Å². The lowest BCUT2D eigenvalue weighted by molar-refractivity contribution is -0.166. The van der Waals surface area contributed by atoms with E-state index in [0.29, 0.717) is 11.0 Å². The van der Waals surface area contributed by atoms with Crippen molar-refractivity contribution in [1.82, 2.24) is 9.21 Å². The number of hydrogen-bond acceptors (Lipinski definition) is 4. The van der Waals surface area contributed by atoms with Crippen LogP contribution in [0.1, 0.15) is 24.2 Å². The Kier molecular flexibility index (Phi) is 7.13. The molecule has 0 atom stereocenters. The number of benzene rings is 1. The van der Waals surface area contributed by atoms with Crippen LogP contribution in [0.15, 0.2) is 52.0 Å². The highest BCUT2D eigenvalue weighted by atomic mass is 32.2. The molecule has 0 bridgehead atoms. The van der Waals surface area contributed by atoms with Gasteiger partial charge in [-0.25, -0.2) is 8.42 Å². The summed E-state index contributed by atoms with van der Waals surface area (Å²) in [5.74, 6) is -1.49. The lowest BCUT2D eigenvalue weighted by Gasteiger charge is -2.33. The maximum atomic E-state index is 13.0. The molecule has 33 heavy (non-hydrogen) atoms. The first kappa shape index (κ1) is 25.1. The molecule has 1 aliphatic rings. The van der Waals surface area contributed by atoms with Gasteiger partial charge in [0, 0.05) is 19.0 Å². The minimum absolute atomic E-state index is 0.0659. The van der Waals surface area contributed by atoms with Crippen molar-refractivity contribution in [2.24, 2.45) is 5.92 Å². The van der Waals surface area contributed by atoms with Crippen LogP contribution in [0.3, 0.4) is 0 Å². The molecule has 0 unspecified atom stereocenters. The number of halogens is 6. The third-order valence-corrected chi connectivity index (χ3v) is 7.11. The number of hydrogen-bond donors (Lipinski definition) is 0. The van der Waals surface area contributed by atoms with Gasteiger partial charge in [-0.15, -0.1) is 0 Å². The monoisotopic (exact) mass is 498 g/mol. The molecule has 3 rings (SSSR count). The van der Waals surface area contributed by atoms with E-state index in [0.717, 1.165) is 22.5 Å². The van der Waals surface area contributed by atoms with Gasteiger partial charge in [0.2, 0.25) is 15.9 Å². The van der Waals surface area contributed by atoms with Gasteiger partial charge < -0.3 is 9.32 Å². The molecule has 1 saturated heterocycles. The number of alkyl halides is 6. The quantitative estimate of drug-likeness (QED) is 0.558. The first-order valence-corrected chi connectivity index (χ1v) is 11.3. The van der Waals surface area contributed by atoms with Crippen molar-refractivity contribution >= 4 is 15.9 Å². The van der Waals surface area contributed by atoms with E-state index in [-0.39, 0.29) is 31.7 Å². The zero-order valence-electron chi connectivity index (χ0n) is 17.1. The van der Waals surface area contributed by atoms with Crippen LogP contribution in [0.4, 0.5) is 26.3 Å². The van der Waals surface area contributed by atoms with Gasteiger partial charge >= 0.3 is 12.4 Å². The summed E-state index contributed by atoms with van der Waals surface area (Å²) in [6.07, 6.45) is -8.23. The minimum Gasteiger partial charge on any atom is -0.467 e. The second-order valence-corrected chi connectivity index (χ2v) is 9.53. The van der Waals surface area contributed by atoms with E-state index >= 15 is 0 Å². The van der Waals surface area contributed by atoms with E-state index in [1.54, 1.807) is 0 Å². The highest BCUT2D eigenvalue weighted by molar-refractivity contribution is 7.89. The van der Waals surface area contributed by atoms with Gasteiger partial charge in [-0.2, -0.15) is 30.6 Å². The summed E-state index contributed by atoms with van der Waals surface area (Å²) >= 11 is 0. The highest BCUT2D eigenvalue weighted by Crippen LogP contribution is 2.32. The molecule has 1 fully saturated rings. The highest BCUT2D eigenvalue weighted by Gasteiger charge is 2.39. The molecule has 182 valence electrons. The number of furan rings is 1. The van der Waals surface area contributed by atoms with Crippen molar-refractivity contribution < 1.29 is 44.0 Å². The summed E-state index contributed by atoms with van der Waals surface area (Å²) in [5, 5.41) is 0. The SMILES string of the molecule is O=C(C1CCN(S(=O)(=O)c2cccc(C(F)(F)F)c2)CC1)N(Cc1ccco1)CC(F)(F)F. The van der Waals surface area contributed by atoms with Gasteiger partial charge in [-0.1, -0.05) is 6.07 Å². The summed E-state index contributed by atoms with van der Waals surface area (Å²) in [7, 11) is -4.27. The summed E-state index contributed by atoms with van der Waals surface area (Å²) in [4.78, 5) is 12.8. The lowest BCUT2D eigenvalue weighted by atomic mass is 9.96. The van der Waals surface area contributed by atoms with Crippen LogP contribution in [0.2, 0.25) is 0 Å². The van der Waals surface area contributed by atoms with Crippen molar-refractivity contribution in [3.8, 4) is 0 Å². The molecule has 0 spiro atoms. The van der Waals surface area contributed by atoms with E-state index < -0.39 is 57.7 Å². The van der Waals surface area contributed by atoms with Crippen molar-refractivity contribution in [3.63, 3.8) is 0 Å². The molecule has 1 aromatic carbocycles. The first-order valence-electron chi connectivity index (χ1n) is 9.83. The molecule has 0 saturated carbocycles. The largest absolute Gasteiger partial charge is 0.467 e. The number of carbonyl (C=O) groups is 1. The Hall–Kier alpha value is -2.54. The van der Waals surface area contributed by atoms with Crippen molar-refractivity contribution in [2.45, 2.75) is 36.6 Å². The summed E-state index contributed by atoms with van der Waals surface area (Å²) in [6.45, 7) is -2.31. The maximum absolute atomic E-state index is 13.0. The van der Waals surface area contributed by atoms with E-state index in [1.807, 2.05) is 0 Å². The van der Waals surface area contributed by atoms with E-state index in [2.05, 4.69) is 0 Å². The summed E-state index contributed by atoms with van der Waals surface area (Å²) in [5.41, 5.74) is -1.12.